The van der Waals surface area contributed by atoms with Gasteiger partial charge in [0.05, 0.1) is 5.54 Å². The van der Waals surface area contributed by atoms with Crippen molar-refractivity contribution < 1.29 is 4.79 Å². The molecule has 4 unspecified atom stereocenters. The number of carbonyl (C=O) groups is 1. The molecule has 17 heavy (non-hydrogen) atoms. The van der Waals surface area contributed by atoms with Gasteiger partial charge in [-0.3, -0.25) is 9.69 Å². The Morgan fingerprint density at radius 3 is 2.59 bits per heavy atom. The second-order valence-electron chi connectivity index (χ2n) is 6.05. The molecular weight excluding hydrogens is 214 g/mol. The molecule has 1 saturated heterocycles. The molecule has 1 rings (SSSR count). The molecule has 0 radical (unpaired) electrons. The number of amides is 1. The minimum atomic E-state index is -0.901. The van der Waals surface area contributed by atoms with Crippen LogP contribution in [0.25, 0.3) is 0 Å². The Morgan fingerprint density at radius 2 is 2.12 bits per heavy atom. The van der Waals surface area contributed by atoms with Gasteiger partial charge >= 0.3 is 0 Å². The number of hydrogen-bond donors (Lipinski definition) is 2. The van der Waals surface area contributed by atoms with E-state index in [0.29, 0.717) is 18.5 Å². The van der Waals surface area contributed by atoms with Gasteiger partial charge < -0.3 is 11.5 Å². The van der Waals surface area contributed by atoms with Crippen LogP contribution in [0.15, 0.2) is 0 Å². The second-order valence-corrected chi connectivity index (χ2v) is 6.05. The smallest absolute Gasteiger partial charge is 0.237 e. The average molecular weight is 241 g/mol. The zero-order valence-corrected chi connectivity index (χ0v) is 11.6. The van der Waals surface area contributed by atoms with Gasteiger partial charge in [0.1, 0.15) is 0 Å². The normalized spacial score (nSPS) is 31.8. The molecular formula is C13H27N3O. The minimum Gasteiger partial charge on any atom is -0.368 e. The summed E-state index contributed by atoms with van der Waals surface area (Å²) in [5.41, 5.74) is 10.4. The highest BCUT2D eigenvalue weighted by atomic mass is 16.1. The number of primary amides is 1. The summed E-state index contributed by atoms with van der Waals surface area (Å²) in [6.07, 6.45) is 3.08. The van der Waals surface area contributed by atoms with E-state index in [1.165, 1.54) is 12.8 Å². The third-order valence-electron chi connectivity index (χ3n) is 4.04. The molecule has 0 bridgehead atoms. The third-order valence-corrected chi connectivity index (χ3v) is 4.04. The number of likely N-dealkylation sites (tertiary alicyclic amines) is 1. The fourth-order valence-electron chi connectivity index (χ4n) is 2.91. The number of rotatable bonds is 4. The van der Waals surface area contributed by atoms with Crippen molar-refractivity contribution in [1.82, 2.24) is 4.90 Å². The van der Waals surface area contributed by atoms with Gasteiger partial charge in [-0.2, -0.15) is 0 Å². The van der Waals surface area contributed by atoms with E-state index in [0.717, 1.165) is 12.5 Å². The van der Waals surface area contributed by atoms with Crippen LogP contribution in [-0.2, 0) is 4.79 Å². The minimum absolute atomic E-state index is 0.306. The van der Waals surface area contributed by atoms with E-state index in [9.17, 15) is 4.79 Å². The molecule has 0 spiro atoms. The number of nitrogens with zero attached hydrogens (tertiary/aromatic N) is 1. The van der Waals surface area contributed by atoms with Gasteiger partial charge in [0.25, 0.3) is 0 Å². The Morgan fingerprint density at radius 1 is 1.53 bits per heavy atom. The highest BCUT2D eigenvalue weighted by Crippen LogP contribution is 2.26. The first kappa shape index (κ1) is 14.5. The number of hydrogen-bond acceptors (Lipinski definition) is 3. The molecule has 0 saturated carbocycles. The number of piperidine rings is 1. The van der Waals surface area contributed by atoms with E-state index in [1.807, 2.05) is 0 Å². The monoisotopic (exact) mass is 241 g/mol. The van der Waals surface area contributed by atoms with Crippen molar-refractivity contribution in [2.24, 2.45) is 17.4 Å². The summed E-state index contributed by atoms with van der Waals surface area (Å²) >= 11 is 0. The lowest BCUT2D eigenvalue weighted by Crippen LogP contribution is -2.55. The van der Waals surface area contributed by atoms with Gasteiger partial charge in [0.2, 0.25) is 5.91 Å². The summed E-state index contributed by atoms with van der Waals surface area (Å²) < 4.78 is 0. The Hall–Kier alpha value is -0.610. The average Bonchev–Trinajstić information content (AvgIpc) is 2.15. The van der Waals surface area contributed by atoms with Gasteiger partial charge in [-0.25, -0.2) is 0 Å². The van der Waals surface area contributed by atoms with E-state index in [1.54, 1.807) is 6.92 Å². The summed E-state index contributed by atoms with van der Waals surface area (Å²) in [5.74, 6) is 0.385. The van der Waals surface area contributed by atoms with Gasteiger partial charge in [-0.15, -0.1) is 0 Å². The maximum atomic E-state index is 11.3. The van der Waals surface area contributed by atoms with E-state index in [-0.39, 0.29) is 0 Å². The largest absolute Gasteiger partial charge is 0.368 e. The quantitative estimate of drug-likeness (QED) is 0.774. The zero-order valence-electron chi connectivity index (χ0n) is 11.6. The fraction of sp³-hybridized carbons (Fsp3) is 0.923. The summed E-state index contributed by atoms with van der Waals surface area (Å²) in [7, 11) is 0. The Bertz CT molecular complexity index is 278. The lowest BCUT2D eigenvalue weighted by atomic mass is 9.88. The summed E-state index contributed by atoms with van der Waals surface area (Å²) in [4.78, 5) is 13.7. The van der Waals surface area contributed by atoms with E-state index >= 15 is 0 Å². The van der Waals surface area contributed by atoms with Crippen molar-refractivity contribution in [2.75, 3.05) is 6.54 Å². The second kappa shape index (κ2) is 5.36. The van der Waals surface area contributed by atoms with Crippen molar-refractivity contribution in [2.45, 2.75) is 64.6 Å². The van der Waals surface area contributed by atoms with Crippen LogP contribution in [0.3, 0.4) is 0 Å². The highest BCUT2D eigenvalue weighted by molar-refractivity contribution is 5.83. The lowest BCUT2D eigenvalue weighted by Gasteiger charge is -2.42. The molecule has 1 aliphatic heterocycles. The molecule has 4 atom stereocenters. The molecule has 1 amide bonds. The van der Waals surface area contributed by atoms with Crippen LogP contribution in [0.4, 0.5) is 0 Å². The standard InChI is InChI=1S/C13H27N3O/c1-9-5-6-16(10(2)7-9)11(3)8-13(4,15)12(14)17/h9-11H,5-8,15H2,1-4H3,(H2,14,17). The fourth-order valence-corrected chi connectivity index (χ4v) is 2.91. The molecule has 1 fully saturated rings. The first-order valence-corrected chi connectivity index (χ1v) is 6.58. The van der Waals surface area contributed by atoms with Crippen LogP contribution in [0.1, 0.15) is 47.0 Å². The van der Waals surface area contributed by atoms with E-state index in [2.05, 4.69) is 25.7 Å². The van der Waals surface area contributed by atoms with Crippen molar-refractivity contribution >= 4 is 5.91 Å². The van der Waals surface area contributed by atoms with Crippen molar-refractivity contribution in [3.8, 4) is 0 Å². The van der Waals surface area contributed by atoms with Gasteiger partial charge in [0.15, 0.2) is 0 Å². The van der Waals surface area contributed by atoms with Crippen LogP contribution < -0.4 is 11.5 Å². The van der Waals surface area contributed by atoms with Gasteiger partial charge in [-0.05, 0) is 52.5 Å². The Kier molecular flexibility index (Phi) is 4.55. The molecule has 100 valence electrons. The van der Waals surface area contributed by atoms with Crippen LogP contribution in [-0.4, -0.2) is 35.0 Å². The molecule has 0 aliphatic carbocycles. The highest BCUT2D eigenvalue weighted by Gasteiger charge is 2.33. The van der Waals surface area contributed by atoms with Gasteiger partial charge in [0, 0.05) is 12.1 Å². The molecule has 0 aromatic carbocycles. The van der Waals surface area contributed by atoms with Crippen molar-refractivity contribution in [3.63, 3.8) is 0 Å². The molecule has 4 N–H and O–H groups in total. The van der Waals surface area contributed by atoms with Crippen LogP contribution >= 0.6 is 0 Å². The van der Waals surface area contributed by atoms with Crippen LogP contribution in [0, 0.1) is 5.92 Å². The van der Waals surface area contributed by atoms with Gasteiger partial charge in [-0.1, -0.05) is 6.92 Å². The predicted octanol–water partition coefficient (Wildman–Crippen LogP) is 1.09. The van der Waals surface area contributed by atoms with Crippen LogP contribution in [0.2, 0.25) is 0 Å². The molecule has 4 heteroatoms. The third kappa shape index (κ3) is 3.68. The Balaban J connectivity index is 2.58. The first-order chi connectivity index (χ1) is 7.74. The molecule has 0 aromatic rings. The lowest BCUT2D eigenvalue weighted by molar-refractivity contribution is -0.123. The number of nitrogens with two attached hydrogens (primary N) is 2. The Labute approximate surface area is 105 Å². The summed E-state index contributed by atoms with van der Waals surface area (Å²) in [6.45, 7) is 9.52. The number of carbonyl (C=O) groups excluding carboxylic acids is 1. The van der Waals surface area contributed by atoms with Crippen molar-refractivity contribution in [3.05, 3.63) is 0 Å². The summed E-state index contributed by atoms with van der Waals surface area (Å²) in [6, 6.07) is 0.873. The summed E-state index contributed by atoms with van der Waals surface area (Å²) in [5, 5.41) is 0. The zero-order chi connectivity index (χ0) is 13.2. The molecule has 4 nitrogen and oxygen atoms in total. The maximum absolute atomic E-state index is 11.3. The molecule has 1 aliphatic rings. The molecule has 0 aromatic heterocycles. The SMILES string of the molecule is CC1CCN(C(C)CC(C)(N)C(N)=O)C(C)C1. The maximum Gasteiger partial charge on any atom is 0.237 e. The van der Waals surface area contributed by atoms with E-state index < -0.39 is 11.4 Å². The van der Waals surface area contributed by atoms with Crippen molar-refractivity contribution in [1.29, 1.82) is 0 Å². The van der Waals surface area contributed by atoms with E-state index in [4.69, 9.17) is 11.5 Å². The molecule has 1 heterocycles. The van der Waals surface area contributed by atoms with Crippen LogP contribution in [0.5, 0.6) is 0 Å². The first-order valence-electron chi connectivity index (χ1n) is 6.58. The topological polar surface area (TPSA) is 72.3 Å². The predicted molar refractivity (Wildman–Crippen MR) is 70.4 cm³/mol.